The van der Waals surface area contributed by atoms with Gasteiger partial charge in [0, 0.05) is 60.4 Å². The Labute approximate surface area is 327 Å². The van der Waals surface area contributed by atoms with E-state index in [2.05, 4.69) is 44.1 Å². The zero-order valence-corrected chi connectivity index (χ0v) is 33.7. The molecular weight excluding hydrogens is 703 g/mol. The standard InChI is InChI=1S/2C15H17N3O.C14H15N3O/c1-9-7-13(18(4)17-9)10-5-6-11-12(8-10)16-14(19)15(11,2)3;1-4-10-8-18(9-16-10)11-5-6-12-13(7-11)17-14(19)15(12,2)3;1-14(2)10-5-4-9(8-12(10)15-13(14)18)11-6-7-17(3)16-11/h5-8H,1-4H3,(H,16,19);5-9H,4H2,1-3H3,(H,17,19);4-8H,1-3H3,(H,15,18). The second-order valence-electron chi connectivity index (χ2n) is 16.3. The van der Waals surface area contributed by atoms with E-state index in [-0.39, 0.29) is 17.7 Å². The Bertz CT molecular complexity index is 2530. The lowest BCUT2D eigenvalue weighted by Gasteiger charge is -2.15. The molecule has 12 heteroatoms. The summed E-state index contributed by atoms with van der Waals surface area (Å²) in [7, 11) is 3.82. The molecule has 0 saturated heterocycles. The third-order valence-corrected chi connectivity index (χ3v) is 11.1. The third-order valence-electron chi connectivity index (χ3n) is 11.1. The molecule has 3 aromatic heterocycles. The molecule has 3 N–H and O–H groups in total. The van der Waals surface area contributed by atoms with Crippen molar-refractivity contribution in [1.82, 2.24) is 29.1 Å². The lowest BCUT2D eigenvalue weighted by atomic mass is 9.86. The van der Waals surface area contributed by atoms with E-state index in [0.29, 0.717) is 0 Å². The SMILES string of the molecule is CCc1cn(-c2ccc3c(c2)NC(=O)C3(C)C)cn1.Cc1cc(-c2ccc3c(c2)NC(=O)C3(C)C)n(C)n1.Cn1ccc(-c2ccc3c(c2)NC(=O)C3(C)C)n1. The Kier molecular flexibility index (Phi) is 9.34. The van der Waals surface area contributed by atoms with Crippen LogP contribution in [0.15, 0.2) is 85.5 Å². The summed E-state index contributed by atoms with van der Waals surface area (Å²) in [6, 6.07) is 22.2. The lowest BCUT2D eigenvalue weighted by Crippen LogP contribution is -2.26. The molecule has 3 aromatic carbocycles. The highest BCUT2D eigenvalue weighted by Crippen LogP contribution is 2.41. The lowest BCUT2D eigenvalue weighted by molar-refractivity contribution is -0.120. The smallest absolute Gasteiger partial charge is 0.234 e. The van der Waals surface area contributed by atoms with E-state index in [4.69, 9.17) is 0 Å². The van der Waals surface area contributed by atoms with Crippen LogP contribution in [-0.4, -0.2) is 46.8 Å². The fourth-order valence-corrected chi connectivity index (χ4v) is 7.39. The van der Waals surface area contributed by atoms with Crippen molar-refractivity contribution >= 4 is 34.8 Å². The van der Waals surface area contributed by atoms with Gasteiger partial charge in [0.05, 0.1) is 45.3 Å². The first-order valence-corrected chi connectivity index (χ1v) is 18.8. The van der Waals surface area contributed by atoms with Gasteiger partial charge in [-0.3, -0.25) is 23.7 Å². The van der Waals surface area contributed by atoms with Crippen molar-refractivity contribution in [3.8, 4) is 28.2 Å². The molecule has 6 aromatic rings. The summed E-state index contributed by atoms with van der Waals surface area (Å²) in [6.45, 7) is 15.7. The number of anilines is 3. The largest absolute Gasteiger partial charge is 0.325 e. The average Bonchev–Trinajstić information content (AvgIpc) is 3.99. The molecule has 0 unspecified atom stereocenters. The van der Waals surface area contributed by atoms with E-state index in [1.165, 1.54) is 0 Å². The van der Waals surface area contributed by atoms with Crippen LogP contribution in [0.3, 0.4) is 0 Å². The molecular formula is C44H49N9O3. The van der Waals surface area contributed by atoms with Gasteiger partial charge in [0.1, 0.15) is 0 Å². The van der Waals surface area contributed by atoms with E-state index >= 15 is 0 Å². The minimum Gasteiger partial charge on any atom is -0.325 e. The maximum Gasteiger partial charge on any atom is 0.234 e. The maximum atomic E-state index is 11.9. The van der Waals surface area contributed by atoms with Crippen LogP contribution >= 0.6 is 0 Å². The molecule has 3 amide bonds. The van der Waals surface area contributed by atoms with E-state index in [1.54, 1.807) is 4.68 Å². The molecule has 12 nitrogen and oxygen atoms in total. The van der Waals surface area contributed by atoms with Crippen molar-refractivity contribution in [3.63, 3.8) is 0 Å². The van der Waals surface area contributed by atoms with Gasteiger partial charge in [-0.1, -0.05) is 37.3 Å². The Hall–Kier alpha value is -6.30. The van der Waals surface area contributed by atoms with Gasteiger partial charge in [-0.25, -0.2) is 4.98 Å². The molecule has 3 aliphatic heterocycles. The number of aryl methyl sites for hydroxylation is 4. The second kappa shape index (κ2) is 13.8. The number of aromatic nitrogens is 6. The molecule has 56 heavy (non-hydrogen) atoms. The van der Waals surface area contributed by atoms with E-state index in [0.717, 1.165) is 79.8 Å². The predicted molar refractivity (Wildman–Crippen MR) is 220 cm³/mol. The van der Waals surface area contributed by atoms with Gasteiger partial charge in [-0.2, -0.15) is 10.2 Å². The van der Waals surface area contributed by atoms with Crippen molar-refractivity contribution in [3.05, 3.63) is 114 Å². The number of fused-ring (bicyclic) bond motifs is 3. The Morgan fingerprint density at radius 3 is 1.64 bits per heavy atom. The number of carbonyl (C=O) groups is 3. The number of rotatable bonds is 4. The number of hydrogen-bond acceptors (Lipinski definition) is 6. The average molecular weight is 752 g/mol. The summed E-state index contributed by atoms with van der Waals surface area (Å²) in [5.74, 6) is 0.163. The van der Waals surface area contributed by atoms with Gasteiger partial charge in [0.2, 0.25) is 17.7 Å². The Balaban J connectivity index is 0.000000129. The van der Waals surface area contributed by atoms with Crippen LogP contribution < -0.4 is 16.0 Å². The van der Waals surface area contributed by atoms with Gasteiger partial charge < -0.3 is 20.5 Å². The van der Waals surface area contributed by atoms with Gasteiger partial charge in [0.25, 0.3) is 0 Å². The van der Waals surface area contributed by atoms with Crippen molar-refractivity contribution in [1.29, 1.82) is 0 Å². The summed E-state index contributed by atoms with van der Waals surface area (Å²) in [6.07, 6.45) is 6.65. The molecule has 0 bridgehead atoms. The minimum absolute atomic E-state index is 0.0515. The van der Waals surface area contributed by atoms with Crippen LogP contribution in [-0.2, 0) is 51.1 Å². The third kappa shape index (κ3) is 6.69. The van der Waals surface area contributed by atoms with Gasteiger partial charge in [-0.05, 0) is 108 Å². The summed E-state index contributed by atoms with van der Waals surface area (Å²) < 4.78 is 5.61. The first kappa shape index (κ1) is 38.0. The summed E-state index contributed by atoms with van der Waals surface area (Å²) in [5, 5.41) is 17.6. The Morgan fingerprint density at radius 2 is 1.16 bits per heavy atom. The zero-order chi connectivity index (χ0) is 40.3. The molecule has 0 spiro atoms. The van der Waals surface area contributed by atoms with Crippen molar-refractivity contribution in [2.24, 2.45) is 14.1 Å². The quantitative estimate of drug-likeness (QED) is 0.170. The number of amides is 3. The van der Waals surface area contributed by atoms with Gasteiger partial charge >= 0.3 is 0 Å². The highest BCUT2D eigenvalue weighted by molar-refractivity contribution is 6.07. The molecule has 0 aliphatic carbocycles. The Morgan fingerprint density at radius 1 is 0.643 bits per heavy atom. The first-order chi connectivity index (χ1) is 26.4. The molecule has 6 heterocycles. The number of nitrogens with zero attached hydrogens (tertiary/aromatic N) is 6. The summed E-state index contributed by atoms with van der Waals surface area (Å²) in [5.41, 5.74) is 11.6. The van der Waals surface area contributed by atoms with Crippen LogP contribution in [0.4, 0.5) is 17.1 Å². The van der Waals surface area contributed by atoms with Gasteiger partial charge in [0.15, 0.2) is 0 Å². The minimum atomic E-state index is -0.448. The monoisotopic (exact) mass is 751 g/mol. The van der Waals surface area contributed by atoms with Crippen LogP contribution in [0.5, 0.6) is 0 Å². The van der Waals surface area contributed by atoms with E-state index in [1.807, 2.05) is 151 Å². The van der Waals surface area contributed by atoms with Crippen molar-refractivity contribution in [2.45, 2.75) is 78.1 Å². The van der Waals surface area contributed by atoms with Crippen molar-refractivity contribution in [2.75, 3.05) is 16.0 Å². The summed E-state index contributed by atoms with van der Waals surface area (Å²) >= 11 is 0. The first-order valence-electron chi connectivity index (χ1n) is 18.8. The highest BCUT2D eigenvalue weighted by Gasteiger charge is 2.40. The van der Waals surface area contributed by atoms with Crippen LogP contribution in [0.2, 0.25) is 0 Å². The van der Waals surface area contributed by atoms with Crippen LogP contribution in [0.25, 0.3) is 28.2 Å². The predicted octanol–water partition coefficient (Wildman–Crippen LogP) is 7.61. The summed E-state index contributed by atoms with van der Waals surface area (Å²) in [4.78, 5) is 40.1. The normalized spacial score (nSPS) is 16.4. The molecule has 0 radical (unpaired) electrons. The molecule has 0 saturated carbocycles. The van der Waals surface area contributed by atoms with Crippen LogP contribution in [0.1, 0.15) is 76.5 Å². The van der Waals surface area contributed by atoms with Gasteiger partial charge in [-0.15, -0.1) is 0 Å². The molecule has 9 rings (SSSR count). The van der Waals surface area contributed by atoms with E-state index in [9.17, 15) is 14.4 Å². The zero-order valence-electron chi connectivity index (χ0n) is 33.7. The molecule has 3 aliphatic rings. The second-order valence-corrected chi connectivity index (χ2v) is 16.3. The maximum absolute atomic E-state index is 11.9. The fourth-order valence-electron chi connectivity index (χ4n) is 7.39. The number of carbonyl (C=O) groups excluding carboxylic acids is 3. The number of imidazole rings is 1. The van der Waals surface area contributed by atoms with Crippen molar-refractivity contribution < 1.29 is 14.4 Å². The molecule has 288 valence electrons. The topological polar surface area (TPSA) is 141 Å². The highest BCUT2D eigenvalue weighted by atomic mass is 16.2. The molecule has 0 fully saturated rings. The van der Waals surface area contributed by atoms with Crippen LogP contribution in [0, 0.1) is 6.92 Å². The molecule has 0 atom stereocenters. The number of hydrogen-bond donors (Lipinski definition) is 3. The van der Waals surface area contributed by atoms with E-state index < -0.39 is 16.2 Å². The number of nitrogens with one attached hydrogen (secondary N) is 3. The fraction of sp³-hybridized carbons (Fsp3) is 0.318. The number of benzene rings is 3.